The Bertz CT molecular complexity index is 202. The molecule has 2 aliphatic carbocycles. The zero-order valence-corrected chi connectivity index (χ0v) is 7.19. The van der Waals surface area contributed by atoms with E-state index in [4.69, 9.17) is 4.74 Å². The predicted octanol–water partition coefficient (Wildman–Crippen LogP) is 0.709. The molecule has 3 heteroatoms. The number of carbonyl (C=O) groups is 1. The third-order valence-corrected chi connectivity index (χ3v) is 3.04. The molecular weight excluding hydrogens is 156 g/mol. The van der Waals surface area contributed by atoms with Crippen LogP contribution in [0.3, 0.4) is 0 Å². The van der Waals surface area contributed by atoms with Crippen molar-refractivity contribution in [1.29, 1.82) is 0 Å². The van der Waals surface area contributed by atoms with Gasteiger partial charge < -0.3 is 9.84 Å². The fourth-order valence-electron chi connectivity index (χ4n) is 2.60. The summed E-state index contributed by atoms with van der Waals surface area (Å²) in [5.41, 5.74) is 0. The molecule has 0 spiro atoms. The molecule has 0 aromatic carbocycles. The molecular formula is C9H14O3. The van der Waals surface area contributed by atoms with Gasteiger partial charge in [-0.05, 0) is 25.2 Å². The highest BCUT2D eigenvalue weighted by Crippen LogP contribution is 2.45. The van der Waals surface area contributed by atoms with Gasteiger partial charge >= 0.3 is 5.97 Å². The number of aliphatic hydroxyl groups excluding tert-OH is 1. The summed E-state index contributed by atoms with van der Waals surface area (Å²) in [6, 6.07) is 0. The van der Waals surface area contributed by atoms with Crippen molar-refractivity contribution in [2.75, 3.05) is 0 Å². The van der Waals surface area contributed by atoms with Gasteiger partial charge in [0.25, 0.3) is 0 Å². The van der Waals surface area contributed by atoms with Gasteiger partial charge in [0.2, 0.25) is 0 Å². The Morgan fingerprint density at radius 3 is 2.67 bits per heavy atom. The fraction of sp³-hybridized carbons (Fsp3) is 0.889. The van der Waals surface area contributed by atoms with Crippen LogP contribution in [0.25, 0.3) is 0 Å². The zero-order chi connectivity index (χ0) is 8.72. The van der Waals surface area contributed by atoms with E-state index in [2.05, 4.69) is 0 Å². The molecule has 0 aromatic rings. The van der Waals surface area contributed by atoms with E-state index in [0.717, 1.165) is 19.3 Å². The molecule has 12 heavy (non-hydrogen) atoms. The summed E-state index contributed by atoms with van der Waals surface area (Å²) in [4.78, 5) is 10.7. The normalized spacial score (nSPS) is 44.8. The Hall–Kier alpha value is -0.570. The quantitative estimate of drug-likeness (QED) is 0.589. The highest BCUT2D eigenvalue weighted by molar-refractivity contribution is 5.66. The monoisotopic (exact) mass is 170 g/mol. The summed E-state index contributed by atoms with van der Waals surface area (Å²) in [6.07, 6.45) is 2.67. The van der Waals surface area contributed by atoms with Gasteiger partial charge in [0.15, 0.2) is 0 Å². The molecule has 0 unspecified atom stereocenters. The number of carbonyl (C=O) groups excluding carboxylic acids is 1. The SMILES string of the molecule is CC(=O)O[C@H]1C[C@@H]2C[C@H]1[C@@H](O)C2. The average molecular weight is 170 g/mol. The second-order valence-electron chi connectivity index (χ2n) is 3.95. The van der Waals surface area contributed by atoms with Gasteiger partial charge in [-0.2, -0.15) is 0 Å². The van der Waals surface area contributed by atoms with E-state index < -0.39 is 0 Å². The standard InChI is InChI=1S/C9H14O3/c1-5(10)12-9-4-6-2-7(9)8(11)3-6/h6-9,11H,2-4H2,1H3/t6-,7+,8+,9+/m1/s1. The van der Waals surface area contributed by atoms with Gasteiger partial charge in [-0.25, -0.2) is 0 Å². The van der Waals surface area contributed by atoms with Crippen molar-refractivity contribution in [3.8, 4) is 0 Å². The Balaban J connectivity index is 1.98. The van der Waals surface area contributed by atoms with Crippen LogP contribution in [-0.4, -0.2) is 23.3 Å². The zero-order valence-electron chi connectivity index (χ0n) is 7.19. The van der Waals surface area contributed by atoms with Gasteiger partial charge in [-0.1, -0.05) is 0 Å². The number of hydrogen-bond acceptors (Lipinski definition) is 3. The summed E-state index contributed by atoms with van der Waals surface area (Å²) in [5, 5.41) is 9.51. The lowest BCUT2D eigenvalue weighted by Gasteiger charge is -2.25. The van der Waals surface area contributed by atoms with Gasteiger partial charge in [-0.15, -0.1) is 0 Å². The summed E-state index contributed by atoms with van der Waals surface area (Å²) in [5.74, 6) is 0.591. The summed E-state index contributed by atoms with van der Waals surface area (Å²) >= 11 is 0. The van der Waals surface area contributed by atoms with Crippen LogP contribution >= 0.6 is 0 Å². The van der Waals surface area contributed by atoms with Crippen molar-refractivity contribution in [3.63, 3.8) is 0 Å². The lowest BCUT2D eigenvalue weighted by Crippen LogP contribution is -2.31. The first-order valence-corrected chi connectivity index (χ1v) is 4.52. The molecule has 0 aromatic heterocycles. The van der Waals surface area contributed by atoms with Crippen LogP contribution < -0.4 is 0 Å². The Morgan fingerprint density at radius 1 is 1.42 bits per heavy atom. The lowest BCUT2D eigenvalue weighted by atomic mass is 9.95. The molecule has 0 saturated heterocycles. The van der Waals surface area contributed by atoms with Crippen LogP contribution in [0.15, 0.2) is 0 Å². The summed E-state index contributed by atoms with van der Waals surface area (Å²) in [6.45, 7) is 1.43. The maximum atomic E-state index is 10.7. The third kappa shape index (κ3) is 1.22. The van der Waals surface area contributed by atoms with Crippen molar-refractivity contribution >= 4 is 5.97 Å². The first kappa shape index (κ1) is 8.05. The number of aliphatic hydroxyl groups is 1. The molecule has 1 N–H and O–H groups in total. The second-order valence-corrected chi connectivity index (χ2v) is 3.95. The van der Waals surface area contributed by atoms with E-state index in [-0.39, 0.29) is 24.1 Å². The Kier molecular flexibility index (Phi) is 1.83. The van der Waals surface area contributed by atoms with Crippen LogP contribution in [0, 0.1) is 11.8 Å². The highest BCUT2D eigenvalue weighted by Gasteiger charge is 2.47. The van der Waals surface area contributed by atoms with Crippen molar-refractivity contribution in [2.45, 2.75) is 38.4 Å². The molecule has 0 amide bonds. The molecule has 2 aliphatic rings. The van der Waals surface area contributed by atoms with Crippen molar-refractivity contribution in [1.82, 2.24) is 0 Å². The first-order valence-electron chi connectivity index (χ1n) is 4.52. The average Bonchev–Trinajstić information content (AvgIpc) is 2.43. The topological polar surface area (TPSA) is 46.5 Å². The molecule has 0 aliphatic heterocycles. The number of rotatable bonds is 1. The largest absolute Gasteiger partial charge is 0.462 e. The second kappa shape index (κ2) is 2.73. The minimum absolute atomic E-state index is 0.00347. The van der Waals surface area contributed by atoms with Crippen molar-refractivity contribution in [2.24, 2.45) is 11.8 Å². The fourth-order valence-corrected chi connectivity index (χ4v) is 2.60. The van der Waals surface area contributed by atoms with Crippen LogP contribution in [0.2, 0.25) is 0 Å². The maximum absolute atomic E-state index is 10.7. The third-order valence-electron chi connectivity index (χ3n) is 3.04. The van der Waals surface area contributed by atoms with Crippen molar-refractivity contribution < 1.29 is 14.6 Å². The van der Waals surface area contributed by atoms with E-state index in [1.807, 2.05) is 0 Å². The smallest absolute Gasteiger partial charge is 0.302 e. The first-order chi connectivity index (χ1) is 5.66. The van der Waals surface area contributed by atoms with Gasteiger partial charge in [0, 0.05) is 12.8 Å². The molecule has 68 valence electrons. The van der Waals surface area contributed by atoms with Crippen LogP contribution in [0.5, 0.6) is 0 Å². The Labute approximate surface area is 71.7 Å². The predicted molar refractivity (Wildman–Crippen MR) is 42.4 cm³/mol. The van der Waals surface area contributed by atoms with Crippen molar-refractivity contribution in [3.05, 3.63) is 0 Å². The molecule has 2 rings (SSSR count). The summed E-state index contributed by atoms with van der Waals surface area (Å²) in [7, 11) is 0. The number of fused-ring (bicyclic) bond motifs is 2. The van der Waals surface area contributed by atoms with E-state index in [9.17, 15) is 9.90 Å². The molecule has 3 nitrogen and oxygen atoms in total. The van der Waals surface area contributed by atoms with Crippen LogP contribution in [-0.2, 0) is 9.53 Å². The molecule has 2 bridgehead atoms. The molecule has 0 heterocycles. The number of ether oxygens (including phenoxy) is 1. The molecule has 4 atom stereocenters. The Morgan fingerprint density at radius 2 is 2.17 bits per heavy atom. The molecule has 2 saturated carbocycles. The van der Waals surface area contributed by atoms with E-state index >= 15 is 0 Å². The van der Waals surface area contributed by atoms with E-state index in [1.54, 1.807) is 0 Å². The van der Waals surface area contributed by atoms with Gasteiger partial charge in [0.1, 0.15) is 6.10 Å². The van der Waals surface area contributed by atoms with Gasteiger partial charge in [0.05, 0.1) is 6.10 Å². The van der Waals surface area contributed by atoms with E-state index in [0.29, 0.717) is 5.92 Å². The molecule has 2 fully saturated rings. The number of esters is 1. The summed E-state index contributed by atoms with van der Waals surface area (Å²) < 4.78 is 5.12. The minimum Gasteiger partial charge on any atom is -0.462 e. The number of hydrogen-bond donors (Lipinski definition) is 1. The van der Waals surface area contributed by atoms with E-state index in [1.165, 1.54) is 6.92 Å². The maximum Gasteiger partial charge on any atom is 0.302 e. The van der Waals surface area contributed by atoms with Crippen LogP contribution in [0.4, 0.5) is 0 Å². The lowest BCUT2D eigenvalue weighted by molar-refractivity contribution is -0.151. The highest BCUT2D eigenvalue weighted by atomic mass is 16.5. The minimum atomic E-state index is -0.229. The molecule has 0 radical (unpaired) electrons. The van der Waals surface area contributed by atoms with Crippen LogP contribution in [0.1, 0.15) is 26.2 Å². The van der Waals surface area contributed by atoms with Gasteiger partial charge in [-0.3, -0.25) is 4.79 Å².